The van der Waals surface area contributed by atoms with Gasteiger partial charge in [-0.3, -0.25) is 4.79 Å². The standard InChI is InChI=1S/C26H33N3O3/c1-6-28(7-2)26-23(24(27-32-26)20-11-9-8-10-12-20)18-29(17-19(3)4)25(30)21-13-15-22(31-5)16-14-21/h8-16,19H,6-7,17-18H2,1-5H3. The molecule has 0 saturated heterocycles. The molecule has 3 rings (SSSR count). The van der Waals surface area contributed by atoms with Gasteiger partial charge in [-0.2, -0.15) is 0 Å². The molecule has 32 heavy (non-hydrogen) atoms. The summed E-state index contributed by atoms with van der Waals surface area (Å²) in [5.74, 6) is 1.75. The molecule has 0 atom stereocenters. The van der Waals surface area contributed by atoms with E-state index in [1.54, 1.807) is 7.11 Å². The Kier molecular flexibility index (Phi) is 7.92. The van der Waals surface area contributed by atoms with Crippen LogP contribution >= 0.6 is 0 Å². The first kappa shape index (κ1) is 23.4. The van der Waals surface area contributed by atoms with Gasteiger partial charge < -0.3 is 19.1 Å². The predicted molar refractivity (Wildman–Crippen MR) is 128 cm³/mol. The molecule has 0 aliphatic heterocycles. The average molecular weight is 436 g/mol. The number of methoxy groups -OCH3 is 1. The second-order valence-corrected chi connectivity index (χ2v) is 8.16. The number of nitrogens with zero attached hydrogens (tertiary/aromatic N) is 3. The molecule has 0 fully saturated rings. The molecule has 0 unspecified atom stereocenters. The number of amides is 1. The number of aromatic nitrogens is 1. The van der Waals surface area contributed by atoms with E-state index in [1.807, 2.05) is 59.5 Å². The van der Waals surface area contributed by atoms with Gasteiger partial charge in [-0.15, -0.1) is 0 Å². The molecule has 170 valence electrons. The Morgan fingerprint density at radius 3 is 2.25 bits per heavy atom. The topological polar surface area (TPSA) is 58.8 Å². The highest BCUT2D eigenvalue weighted by Crippen LogP contribution is 2.33. The van der Waals surface area contributed by atoms with Crippen molar-refractivity contribution in [3.05, 3.63) is 65.7 Å². The number of hydrogen-bond donors (Lipinski definition) is 0. The molecule has 1 aromatic heterocycles. The fraction of sp³-hybridized carbons (Fsp3) is 0.385. The van der Waals surface area contributed by atoms with Gasteiger partial charge in [-0.25, -0.2) is 0 Å². The Morgan fingerprint density at radius 1 is 1.03 bits per heavy atom. The minimum Gasteiger partial charge on any atom is -0.497 e. The first-order chi connectivity index (χ1) is 15.5. The SMILES string of the molecule is CCN(CC)c1onc(-c2ccccc2)c1CN(CC(C)C)C(=O)c1ccc(OC)cc1. The smallest absolute Gasteiger partial charge is 0.254 e. The third kappa shape index (κ3) is 5.31. The zero-order valence-corrected chi connectivity index (χ0v) is 19.7. The van der Waals surface area contributed by atoms with Gasteiger partial charge in [0.15, 0.2) is 0 Å². The van der Waals surface area contributed by atoms with Crippen molar-refractivity contribution in [2.75, 3.05) is 31.6 Å². The van der Waals surface area contributed by atoms with Crippen molar-refractivity contribution in [3.8, 4) is 17.0 Å². The lowest BCUT2D eigenvalue weighted by molar-refractivity contribution is 0.0723. The van der Waals surface area contributed by atoms with E-state index in [0.717, 1.165) is 41.5 Å². The molecule has 6 nitrogen and oxygen atoms in total. The third-order valence-corrected chi connectivity index (χ3v) is 5.42. The van der Waals surface area contributed by atoms with Crippen LogP contribution in [0.4, 0.5) is 5.88 Å². The van der Waals surface area contributed by atoms with Crippen LogP contribution in [0.5, 0.6) is 5.75 Å². The quantitative estimate of drug-likeness (QED) is 0.421. The number of benzene rings is 2. The van der Waals surface area contributed by atoms with Crippen molar-refractivity contribution in [2.24, 2.45) is 5.92 Å². The summed E-state index contributed by atoms with van der Waals surface area (Å²) in [5, 5.41) is 4.42. The fourth-order valence-corrected chi connectivity index (χ4v) is 3.79. The lowest BCUT2D eigenvalue weighted by Gasteiger charge is -2.26. The molecule has 0 aliphatic carbocycles. The van der Waals surface area contributed by atoms with Gasteiger partial charge in [0.1, 0.15) is 11.4 Å². The van der Waals surface area contributed by atoms with Crippen LogP contribution in [0.15, 0.2) is 59.1 Å². The van der Waals surface area contributed by atoms with Crippen LogP contribution in [0.2, 0.25) is 0 Å². The predicted octanol–water partition coefficient (Wildman–Crippen LogP) is 5.49. The highest BCUT2D eigenvalue weighted by atomic mass is 16.5. The summed E-state index contributed by atoms with van der Waals surface area (Å²) in [6, 6.07) is 17.2. The number of ether oxygens (including phenoxy) is 1. The Balaban J connectivity index is 2.02. The number of rotatable bonds is 10. The van der Waals surface area contributed by atoms with Crippen molar-refractivity contribution < 1.29 is 14.1 Å². The van der Waals surface area contributed by atoms with Crippen molar-refractivity contribution in [1.82, 2.24) is 10.1 Å². The monoisotopic (exact) mass is 435 g/mol. The van der Waals surface area contributed by atoms with Gasteiger partial charge in [-0.05, 0) is 44.0 Å². The summed E-state index contributed by atoms with van der Waals surface area (Å²) in [7, 11) is 1.62. The lowest BCUT2D eigenvalue weighted by Crippen LogP contribution is -2.34. The molecule has 0 saturated carbocycles. The summed E-state index contributed by atoms with van der Waals surface area (Å²) in [5.41, 5.74) is 3.32. The number of anilines is 1. The summed E-state index contributed by atoms with van der Waals surface area (Å²) in [4.78, 5) is 17.5. The molecule has 1 amide bonds. The second-order valence-electron chi connectivity index (χ2n) is 8.16. The minimum atomic E-state index is -0.0212. The molecular weight excluding hydrogens is 402 g/mol. The van der Waals surface area contributed by atoms with Crippen LogP contribution in [0, 0.1) is 5.92 Å². The Hall–Kier alpha value is -3.28. The summed E-state index contributed by atoms with van der Waals surface area (Å²) in [6.07, 6.45) is 0. The van der Waals surface area contributed by atoms with Crippen molar-refractivity contribution in [2.45, 2.75) is 34.2 Å². The van der Waals surface area contributed by atoms with Crippen LogP contribution in [0.3, 0.4) is 0 Å². The van der Waals surface area contributed by atoms with E-state index in [0.29, 0.717) is 24.6 Å². The molecule has 0 radical (unpaired) electrons. The molecule has 6 heteroatoms. The van der Waals surface area contributed by atoms with Gasteiger partial charge in [-0.1, -0.05) is 49.3 Å². The normalized spacial score (nSPS) is 10.9. The highest BCUT2D eigenvalue weighted by Gasteiger charge is 2.26. The first-order valence-electron chi connectivity index (χ1n) is 11.2. The average Bonchev–Trinajstić information content (AvgIpc) is 3.22. The van der Waals surface area contributed by atoms with Gasteiger partial charge >= 0.3 is 0 Å². The zero-order chi connectivity index (χ0) is 23.1. The van der Waals surface area contributed by atoms with Gasteiger partial charge in [0, 0.05) is 30.8 Å². The molecule has 0 N–H and O–H groups in total. The van der Waals surface area contributed by atoms with E-state index in [1.165, 1.54) is 0 Å². The van der Waals surface area contributed by atoms with E-state index in [2.05, 4.69) is 37.8 Å². The maximum Gasteiger partial charge on any atom is 0.254 e. The number of carbonyl (C=O) groups excluding carboxylic acids is 1. The van der Waals surface area contributed by atoms with Crippen LogP contribution in [-0.2, 0) is 6.54 Å². The van der Waals surface area contributed by atoms with Crippen LogP contribution in [0.1, 0.15) is 43.6 Å². The van der Waals surface area contributed by atoms with Crippen molar-refractivity contribution >= 4 is 11.8 Å². The van der Waals surface area contributed by atoms with Gasteiger partial charge in [0.05, 0.1) is 19.2 Å². The molecule has 3 aromatic rings. The van der Waals surface area contributed by atoms with Crippen molar-refractivity contribution in [1.29, 1.82) is 0 Å². The molecule has 0 aliphatic rings. The second kappa shape index (κ2) is 10.8. The minimum absolute atomic E-state index is 0.0212. The van der Waals surface area contributed by atoms with Crippen LogP contribution in [-0.4, -0.2) is 42.7 Å². The summed E-state index contributed by atoms with van der Waals surface area (Å²) < 4.78 is 11.1. The Labute approximate surface area is 190 Å². The maximum atomic E-state index is 13.5. The fourth-order valence-electron chi connectivity index (χ4n) is 3.79. The highest BCUT2D eigenvalue weighted by molar-refractivity contribution is 5.94. The maximum absolute atomic E-state index is 13.5. The molecule has 1 heterocycles. The van der Waals surface area contributed by atoms with E-state index >= 15 is 0 Å². The molecular formula is C26H33N3O3. The van der Waals surface area contributed by atoms with E-state index < -0.39 is 0 Å². The van der Waals surface area contributed by atoms with Crippen molar-refractivity contribution in [3.63, 3.8) is 0 Å². The summed E-state index contributed by atoms with van der Waals surface area (Å²) in [6.45, 7) is 11.0. The Bertz CT molecular complexity index is 993. The van der Waals surface area contributed by atoms with E-state index in [9.17, 15) is 4.79 Å². The van der Waals surface area contributed by atoms with Gasteiger partial charge in [0.2, 0.25) is 5.88 Å². The van der Waals surface area contributed by atoms with E-state index in [4.69, 9.17) is 9.26 Å². The van der Waals surface area contributed by atoms with Crippen LogP contribution in [0.25, 0.3) is 11.3 Å². The number of carbonyl (C=O) groups is 1. The molecule has 0 bridgehead atoms. The molecule has 2 aromatic carbocycles. The number of hydrogen-bond acceptors (Lipinski definition) is 5. The first-order valence-corrected chi connectivity index (χ1v) is 11.2. The molecule has 0 spiro atoms. The zero-order valence-electron chi connectivity index (χ0n) is 19.7. The third-order valence-electron chi connectivity index (χ3n) is 5.42. The van der Waals surface area contributed by atoms with E-state index in [-0.39, 0.29) is 5.91 Å². The summed E-state index contributed by atoms with van der Waals surface area (Å²) >= 11 is 0. The largest absolute Gasteiger partial charge is 0.497 e. The van der Waals surface area contributed by atoms with Gasteiger partial charge in [0.25, 0.3) is 5.91 Å². The lowest BCUT2D eigenvalue weighted by atomic mass is 10.1. The van der Waals surface area contributed by atoms with Crippen LogP contribution < -0.4 is 9.64 Å². The Morgan fingerprint density at radius 2 is 1.69 bits per heavy atom.